The summed E-state index contributed by atoms with van der Waals surface area (Å²) in [5, 5.41) is 2.78. The molecule has 0 unspecified atom stereocenters. The van der Waals surface area contributed by atoms with Crippen LogP contribution in [0, 0.1) is 20.8 Å². The summed E-state index contributed by atoms with van der Waals surface area (Å²) in [6.07, 6.45) is -0.678. The van der Waals surface area contributed by atoms with Crippen LogP contribution in [0.5, 0.6) is 5.75 Å². The van der Waals surface area contributed by atoms with E-state index in [0.29, 0.717) is 22.6 Å². The Labute approximate surface area is 141 Å². The van der Waals surface area contributed by atoms with Crippen molar-refractivity contribution in [1.82, 2.24) is 0 Å². The van der Waals surface area contributed by atoms with E-state index in [-0.39, 0.29) is 5.91 Å². The standard InChI is InChI=1S/C19H22N2O3/c1-11-8-9-17(12(2)10-11)24-14(4)19(23)21-16-7-5-6-15(13(16)3)18(20)22/h5-10,14H,1-4H3,(H2,20,22)(H,21,23)/t14-/m0/s1. The van der Waals surface area contributed by atoms with Gasteiger partial charge in [-0.25, -0.2) is 0 Å². The van der Waals surface area contributed by atoms with Crippen LogP contribution in [0.4, 0.5) is 5.69 Å². The third kappa shape index (κ3) is 3.93. The van der Waals surface area contributed by atoms with Gasteiger partial charge < -0.3 is 15.8 Å². The lowest BCUT2D eigenvalue weighted by atomic mass is 10.1. The number of primary amides is 1. The molecule has 126 valence electrons. The lowest BCUT2D eigenvalue weighted by Crippen LogP contribution is -2.30. The second-order valence-corrected chi connectivity index (χ2v) is 5.86. The predicted octanol–water partition coefficient (Wildman–Crippen LogP) is 3.12. The monoisotopic (exact) mass is 326 g/mol. The molecule has 0 radical (unpaired) electrons. The molecule has 0 aliphatic heterocycles. The van der Waals surface area contributed by atoms with E-state index >= 15 is 0 Å². The highest BCUT2D eigenvalue weighted by atomic mass is 16.5. The number of benzene rings is 2. The Balaban J connectivity index is 2.12. The van der Waals surface area contributed by atoms with Crippen LogP contribution in [-0.2, 0) is 4.79 Å². The van der Waals surface area contributed by atoms with Crippen molar-refractivity contribution < 1.29 is 14.3 Å². The van der Waals surface area contributed by atoms with E-state index in [0.717, 1.165) is 11.1 Å². The molecule has 1 atom stereocenters. The highest BCUT2D eigenvalue weighted by molar-refractivity contribution is 5.99. The molecule has 0 bridgehead atoms. The van der Waals surface area contributed by atoms with Gasteiger partial charge >= 0.3 is 0 Å². The number of hydrogen-bond acceptors (Lipinski definition) is 3. The summed E-state index contributed by atoms with van der Waals surface area (Å²) in [6, 6.07) is 10.8. The van der Waals surface area contributed by atoms with Crippen LogP contribution in [-0.4, -0.2) is 17.9 Å². The van der Waals surface area contributed by atoms with Gasteiger partial charge in [-0.3, -0.25) is 9.59 Å². The smallest absolute Gasteiger partial charge is 0.265 e. The SMILES string of the molecule is Cc1ccc(O[C@@H](C)C(=O)Nc2cccc(C(N)=O)c2C)c(C)c1. The number of hydrogen-bond donors (Lipinski definition) is 2. The first-order valence-electron chi connectivity index (χ1n) is 7.73. The number of nitrogens with two attached hydrogens (primary N) is 1. The van der Waals surface area contributed by atoms with Crippen LogP contribution >= 0.6 is 0 Å². The van der Waals surface area contributed by atoms with Gasteiger partial charge in [0.25, 0.3) is 5.91 Å². The number of aryl methyl sites for hydroxylation is 2. The molecule has 24 heavy (non-hydrogen) atoms. The molecule has 0 aromatic heterocycles. The van der Waals surface area contributed by atoms with Gasteiger partial charge in [0.15, 0.2) is 6.10 Å². The van der Waals surface area contributed by atoms with Crippen molar-refractivity contribution in [1.29, 1.82) is 0 Å². The number of rotatable bonds is 5. The number of carbonyl (C=O) groups excluding carboxylic acids is 2. The van der Waals surface area contributed by atoms with Gasteiger partial charge in [-0.2, -0.15) is 0 Å². The van der Waals surface area contributed by atoms with E-state index in [4.69, 9.17) is 10.5 Å². The van der Waals surface area contributed by atoms with Crippen molar-refractivity contribution in [3.05, 3.63) is 58.7 Å². The van der Waals surface area contributed by atoms with Crippen molar-refractivity contribution in [3.8, 4) is 5.75 Å². The molecular weight excluding hydrogens is 304 g/mol. The molecule has 2 amide bonds. The van der Waals surface area contributed by atoms with E-state index in [1.54, 1.807) is 32.0 Å². The quantitative estimate of drug-likeness (QED) is 0.886. The van der Waals surface area contributed by atoms with E-state index < -0.39 is 12.0 Å². The fourth-order valence-corrected chi connectivity index (χ4v) is 2.45. The Hall–Kier alpha value is -2.82. The summed E-state index contributed by atoms with van der Waals surface area (Å²) in [7, 11) is 0. The Morgan fingerprint density at radius 1 is 1.12 bits per heavy atom. The number of carbonyl (C=O) groups is 2. The highest BCUT2D eigenvalue weighted by Gasteiger charge is 2.18. The third-order valence-corrected chi connectivity index (χ3v) is 3.86. The average molecular weight is 326 g/mol. The van der Waals surface area contributed by atoms with Crippen LogP contribution in [0.2, 0.25) is 0 Å². The van der Waals surface area contributed by atoms with Crippen molar-refractivity contribution in [3.63, 3.8) is 0 Å². The van der Waals surface area contributed by atoms with Crippen LogP contribution in [0.15, 0.2) is 36.4 Å². The second kappa shape index (κ2) is 7.17. The molecule has 0 spiro atoms. The van der Waals surface area contributed by atoms with Gasteiger partial charge in [0.05, 0.1) is 0 Å². The maximum absolute atomic E-state index is 12.4. The summed E-state index contributed by atoms with van der Waals surface area (Å²) < 4.78 is 5.75. The zero-order valence-corrected chi connectivity index (χ0v) is 14.3. The maximum Gasteiger partial charge on any atom is 0.265 e. The molecule has 0 heterocycles. The van der Waals surface area contributed by atoms with Crippen molar-refractivity contribution >= 4 is 17.5 Å². The third-order valence-electron chi connectivity index (χ3n) is 3.86. The number of ether oxygens (including phenoxy) is 1. The number of anilines is 1. The van der Waals surface area contributed by atoms with E-state index in [2.05, 4.69) is 5.32 Å². The van der Waals surface area contributed by atoms with Gasteiger partial charge in [-0.15, -0.1) is 0 Å². The molecule has 5 nitrogen and oxygen atoms in total. The second-order valence-electron chi connectivity index (χ2n) is 5.86. The highest BCUT2D eigenvalue weighted by Crippen LogP contribution is 2.22. The molecule has 5 heteroatoms. The fourth-order valence-electron chi connectivity index (χ4n) is 2.45. The molecule has 3 N–H and O–H groups in total. The Bertz CT molecular complexity index is 784. The van der Waals surface area contributed by atoms with Gasteiger partial charge in [-0.05, 0) is 57.0 Å². The minimum Gasteiger partial charge on any atom is -0.481 e. The lowest BCUT2D eigenvalue weighted by molar-refractivity contribution is -0.122. The maximum atomic E-state index is 12.4. The van der Waals surface area contributed by atoms with E-state index in [1.165, 1.54) is 0 Å². The number of nitrogens with one attached hydrogen (secondary N) is 1. The topological polar surface area (TPSA) is 81.4 Å². The van der Waals surface area contributed by atoms with Gasteiger partial charge in [0.2, 0.25) is 5.91 Å². The zero-order valence-electron chi connectivity index (χ0n) is 14.3. The first-order chi connectivity index (χ1) is 11.3. The van der Waals surface area contributed by atoms with Crippen LogP contribution in [0.25, 0.3) is 0 Å². The molecule has 2 aromatic rings. The summed E-state index contributed by atoms with van der Waals surface area (Å²) in [5.74, 6) is -0.145. The fraction of sp³-hybridized carbons (Fsp3) is 0.263. The summed E-state index contributed by atoms with van der Waals surface area (Å²) in [4.78, 5) is 23.8. The van der Waals surface area contributed by atoms with Crippen molar-refractivity contribution in [2.75, 3.05) is 5.32 Å². The predicted molar refractivity (Wildman–Crippen MR) is 94.3 cm³/mol. The van der Waals surface area contributed by atoms with Crippen LogP contribution < -0.4 is 15.8 Å². The minimum atomic E-state index is -0.678. The normalized spacial score (nSPS) is 11.7. The Kier molecular flexibility index (Phi) is 5.24. The Morgan fingerprint density at radius 2 is 1.83 bits per heavy atom. The molecular formula is C19H22N2O3. The van der Waals surface area contributed by atoms with Gasteiger partial charge in [0.1, 0.15) is 5.75 Å². The molecule has 2 rings (SSSR count). The minimum absolute atomic E-state index is 0.292. The molecule has 0 fully saturated rings. The Morgan fingerprint density at radius 3 is 2.46 bits per heavy atom. The number of amides is 2. The summed E-state index contributed by atoms with van der Waals surface area (Å²) in [5.41, 5.74) is 9.01. The summed E-state index contributed by atoms with van der Waals surface area (Å²) >= 11 is 0. The largest absolute Gasteiger partial charge is 0.481 e. The summed E-state index contributed by atoms with van der Waals surface area (Å²) in [6.45, 7) is 7.36. The molecule has 0 aliphatic rings. The molecule has 2 aromatic carbocycles. The van der Waals surface area contributed by atoms with Crippen molar-refractivity contribution in [2.45, 2.75) is 33.8 Å². The van der Waals surface area contributed by atoms with E-state index in [1.807, 2.05) is 32.0 Å². The zero-order chi connectivity index (χ0) is 17.9. The first kappa shape index (κ1) is 17.5. The lowest BCUT2D eigenvalue weighted by Gasteiger charge is -2.18. The molecule has 0 saturated carbocycles. The van der Waals surface area contributed by atoms with Crippen molar-refractivity contribution in [2.24, 2.45) is 5.73 Å². The van der Waals surface area contributed by atoms with Crippen LogP contribution in [0.1, 0.15) is 34.0 Å². The van der Waals surface area contributed by atoms with Crippen LogP contribution in [0.3, 0.4) is 0 Å². The van der Waals surface area contributed by atoms with Gasteiger partial charge in [-0.1, -0.05) is 23.8 Å². The first-order valence-corrected chi connectivity index (χ1v) is 7.73. The van der Waals surface area contributed by atoms with E-state index in [9.17, 15) is 9.59 Å². The molecule has 0 aliphatic carbocycles. The van der Waals surface area contributed by atoms with Gasteiger partial charge in [0, 0.05) is 11.3 Å². The molecule has 0 saturated heterocycles. The average Bonchev–Trinajstić information content (AvgIpc) is 2.51.